The summed E-state index contributed by atoms with van der Waals surface area (Å²) < 4.78 is 19.2. The molecule has 0 heterocycles. The van der Waals surface area contributed by atoms with Crippen molar-refractivity contribution in [3.63, 3.8) is 0 Å². The average Bonchev–Trinajstić information content (AvgIpc) is 1.72. The van der Waals surface area contributed by atoms with Crippen LogP contribution in [0.3, 0.4) is 0 Å². The van der Waals surface area contributed by atoms with E-state index in [0.29, 0.717) is 0 Å². The molecule has 18 heteroatoms. The van der Waals surface area contributed by atoms with Crippen LogP contribution in [0.25, 0.3) is 0 Å². The van der Waals surface area contributed by atoms with Gasteiger partial charge in [-0.2, -0.15) is 0 Å². The molecule has 2 unspecified atom stereocenters. The van der Waals surface area contributed by atoms with Crippen LogP contribution in [0.4, 0.5) is 0 Å². The Morgan fingerprint density at radius 3 is 0.864 bits per heavy atom. The monoisotopic (exact) mass is 478 g/mol. The molecule has 0 bridgehead atoms. The summed E-state index contributed by atoms with van der Waals surface area (Å²) >= 11 is 0. The van der Waals surface area contributed by atoms with Crippen LogP contribution >= 0.6 is 15.2 Å². The van der Waals surface area contributed by atoms with E-state index in [9.17, 15) is 38.7 Å². The third-order valence-corrected chi connectivity index (χ3v) is 1.97. The van der Waals surface area contributed by atoms with Crippen LogP contribution in [0, 0.1) is 0 Å². The van der Waals surface area contributed by atoms with Gasteiger partial charge in [-0.1, -0.05) is 0 Å². The van der Waals surface area contributed by atoms with Crippen molar-refractivity contribution in [1.29, 1.82) is 0 Å². The van der Waals surface area contributed by atoms with E-state index in [1.807, 2.05) is 0 Å². The molecular formula is C4H18Cu2O14P2+4. The number of rotatable bonds is 4. The Balaban J connectivity index is -0.0000000233. The molecule has 146 valence electrons. The average molecular weight is 479 g/mol. The standard InChI is InChI=1S/2C2H5O5P.2Cu.4H2O/c2*3-2(4)1-8(5,6)7;;;;;;/h2*1H2,(H,3,4)(H2,5,6,7);;;4*1H2/q;;2*+2;;;;. The van der Waals surface area contributed by atoms with Crippen molar-refractivity contribution < 1.29 is 105 Å². The van der Waals surface area contributed by atoms with Gasteiger partial charge in [0.25, 0.3) is 0 Å². The Bertz CT molecular complexity index is 313. The summed E-state index contributed by atoms with van der Waals surface area (Å²) in [5.74, 6) is -3.60. The first-order valence-corrected chi connectivity index (χ1v) is 6.81. The van der Waals surface area contributed by atoms with Gasteiger partial charge in [0.1, 0.15) is 15.2 Å². The van der Waals surface area contributed by atoms with Gasteiger partial charge < -0.3 is 70.4 Å². The molecule has 0 saturated heterocycles. The van der Waals surface area contributed by atoms with E-state index in [0.717, 1.165) is 0 Å². The Morgan fingerprint density at radius 2 is 0.864 bits per heavy atom. The van der Waals surface area contributed by atoms with Crippen molar-refractivity contribution in [2.24, 2.45) is 0 Å². The molecule has 0 saturated carbocycles. The molecule has 0 fully saturated rings. The van der Waals surface area contributed by atoms with Crippen LogP contribution in [0.2, 0.25) is 0 Å². The Hall–Kier alpha value is 0.119. The molecule has 2 radical (unpaired) electrons. The maximum Gasteiger partial charge on any atom is 2.00 e. The fourth-order valence-electron chi connectivity index (χ4n) is 0.326. The minimum atomic E-state index is -4.63. The number of carboxylic acid groups (broad SMARTS) is 2. The minimum absolute atomic E-state index is 0. The molecular weight excluding hydrogens is 461 g/mol. The van der Waals surface area contributed by atoms with Crippen LogP contribution in [0.5, 0.6) is 0 Å². The van der Waals surface area contributed by atoms with Gasteiger partial charge in [0.05, 0.1) is 12.3 Å². The van der Waals surface area contributed by atoms with Crippen molar-refractivity contribution in [3.8, 4) is 0 Å². The summed E-state index contributed by atoms with van der Waals surface area (Å²) in [6, 6.07) is 0. The van der Waals surface area contributed by atoms with Gasteiger partial charge in [-0.25, -0.2) is 0 Å². The smallest absolute Gasteiger partial charge is 0.778 e. The molecule has 0 aliphatic rings. The quantitative estimate of drug-likeness (QED) is 0.218. The van der Waals surface area contributed by atoms with E-state index in [1.54, 1.807) is 0 Å². The Labute approximate surface area is 144 Å². The second kappa shape index (κ2) is 21.1. The van der Waals surface area contributed by atoms with E-state index in [1.165, 1.54) is 0 Å². The Kier molecular flexibility index (Phi) is 47.5. The van der Waals surface area contributed by atoms with E-state index in [2.05, 4.69) is 0 Å². The van der Waals surface area contributed by atoms with E-state index >= 15 is 0 Å². The zero-order valence-corrected chi connectivity index (χ0v) is 14.1. The summed E-state index contributed by atoms with van der Waals surface area (Å²) in [6.45, 7) is 0. The number of hydrogen-bond donors (Lipinski definition) is 2. The van der Waals surface area contributed by atoms with Crippen molar-refractivity contribution in [3.05, 3.63) is 0 Å². The number of carbonyl (C=O) groups excluding carboxylic acids is 2. The fourth-order valence-corrected chi connectivity index (χ4v) is 0.979. The summed E-state index contributed by atoms with van der Waals surface area (Å²) in [7, 11) is -9.27. The van der Waals surface area contributed by atoms with Crippen LogP contribution in [0.1, 0.15) is 0 Å². The minimum Gasteiger partial charge on any atom is -0.778 e. The van der Waals surface area contributed by atoms with Gasteiger partial charge in [0.2, 0.25) is 0 Å². The zero-order chi connectivity index (χ0) is 13.6. The number of carbonyl (C=O) groups is 2. The van der Waals surface area contributed by atoms with E-state index in [-0.39, 0.29) is 56.0 Å². The molecule has 0 amide bonds. The van der Waals surface area contributed by atoms with E-state index < -0.39 is 39.5 Å². The second-order valence-corrected chi connectivity index (χ2v) is 5.52. The first-order valence-electron chi connectivity index (χ1n) is 3.29. The van der Waals surface area contributed by atoms with Gasteiger partial charge in [-0.3, -0.25) is 0 Å². The van der Waals surface area contributed by atoms with Crippen LogP contribution in [-0.2, 0) is 74.8 Å². The SMILES string of the molecule is O=C([O-])CP(=O)([O-])O.O=C([O-])CP(=O)([O-])O.[Cu+2].[Cu+2].[OH3+].[OH3+].[OH3+].[OH3+]. The summed E-state index contributed by atoms with van der Waals surface area (Å²) in [4.78, 5) is 53.5. The van der Waals surface area contributed by atoms with Crippen molar-refractivity contribution >= 4 is 27.1 Å². The second-order valence-electron chi connectivity index (χ2n) is 2.34. The zero-order valence-electron chi connectivity index (χ0n) is 10.4. The summed E-state index contributed by atoms with van der Waals surface area (Å²) in [6.07, 6.45) is -2.62. The number of carboxylic acids is 2. The van der Waals surface area contributed by atoms with Crippen LogP contribution < -0.4 is 20.0 Å². The largest absolute Gasteiger partial charge is 2.00 e. The normalized spacial score (nSPS) is 12.5. The third-order valence-electron chi connectivity index (χ3n) is 0.658. The third kappa shape index (κ3) is 71.8. The van der Waals surface area contributed by atoms with Crippen molar-refractivity contribution in [2.75, 3.05) is 12.3 Å². The van der Waals surface area contributed by atoms with Gasteiger partial charge >= 0.3 is 34.1 Å². The van der Waals surface area contributed by atoms with Crippen molar-refractivity contribution in [1.82, 2.24) is 0 Å². The fraction of sp³-hybridized carbons (Fsp3) is 0.500. The van der Waals surface area contributed by atoms with Gasteiger partial charge in [0.15, 0.2) is 0 Å². The maximum atomic E-state index is 9.60. The van der Waals surface area contributed by atoms with Crippen LogP contribution in [0.15, 0.2) is 0 Å². The molecule has 14 nitrogen and oxygen atoms in total. The number of hydrogen-bond acceptors (Lipinski definition) is 8. The van der Waals surface area contributed by atoms with Gasteiger partial charge in [-0.15, -0.1) is 0 Å². The predicted molar refractivity (Wildman–Crippen MR) is 58.9 cm³/mol. The van der Waals surface area contributed by atoms with Gasteiger partial charge in [0, 0.05) is 11.9 Å². The molecule has 14 N–H and O–H groups in total. The predicted octanol–water partition coefficient (Wildman–Crippen LogP) is -9.13. The molecule has 0 aliphatic carbocycles. The molecule has 22 heavy (non-hydrogen) atoms. The number of aliphatic carboxylic acids is 2. The molecule has 0 aliphatic heterocycles. The first kappa shape index (κ1) is 49.5. The first-order chi connectivity index (χ1) is 6.83. The molecule has 0 rings (SSSR count). The van der Waals surface area contributed by atoms with Crippen molar-refractivity contribution in [2.45, 2.75) is 0 Å². The van der Waals surface area contributed by atoms with E-state index in [4.69, 9.17) is 9.79 Å². The maximum absolute atomic E-state index is 9.60. The summed E-state index contributed by atoms with van der Waals surface area (Å²) in [5, 5.41) is 18.7. The Morgan fingerprint density at radius 1 is 0.727 bits per heavy atom. The molecule has 0 spiro atoms. The molecule has 0 aromatic heterocycles. The van der Waals surface area contributed by atoms with Crippen LogP contribution in [-0.4, -0.2) is 34.0 Å². The summed E-state index contributed by atoms with van der Waals surface area (Å²) in [5.41, 5.74) is 0. The topological polar surface area (TPSA) is 333 Å². The molecule has 0 aromatic carbocycles. The molecule has 2 atom stereocenters. The van der Waals surface area contributed by atoms with Gasteiger partial charge in [-0.05, 0) is 0 Å². The molecule has 0 aromatic rings.